The van der Waals surface area contributed by atoms with E-state index in [1.807, 2.05) is 7.05 Å². The van der Waals surface area contributed by atoms with E-state index >= 15 is 0 Å². The van der Waals surface area contributed by atoms with Crippen molar-refractivity contribution in [3.63, 3.8) is 0 Å². The molecule has 0 radical (unpaired) electrons. The van der Waals surface area contributed by atoms with Crippen LogP contribution in [-0.2, 0) is 6.42 Å². The van der Waals surface area contributed by atoms with Crippen LogP contribution in [0.4, 0.5) is 0 Å². The van der Waals surface area contributed by atoms with Gasteiger partial charge in [-0.1, -0.05) is 32.0 Å². The molecule has 0 fully saturated rings. The predicted octanol–water partition coefficient (Wildman–Crippen LogP) is 3.41. The molecule has 18 heavy (non-hydrogen) atoms. The number of benzene rings is 1. The summed E-state index contributed by atoms with van der Waals surface area (Å²) in [4.78, 5) is 0. The lowest BCUT2D eigenvalue weighted by molar-refractivity contribution is 0.124. The smallest absolute Gasteiger partial charge is 0.123 e. The first kappa shape index (κ1) is 13.4. The highest BCUT2D eigenvalue weighted by atomic mass is 16.5. The Bertz CT molecular complexity index is 359. The molecule has 2 rings (SSSR count). The Labute approximate surface area is 111 Å². The molecule has 1 aromatic carbocycles. The standard InChI is InChI=1S/C16H25NO/c1-4-16(5-2,12-17-3)11-14-10-13-8-6-7-9-15(13)18-14/h6-9,14,17H,4-5,10-12H2,1-3H3. The topological polar surface area (TPSA) is 21.3 Å². The highest BCUT2D eigenvalue weighted by Crippen LogP contribution is 2.37. The molecule has 2 heteroatoms. The van der Waals surface area contributed by atoms with Crippen molar-refractivity contribution in [1.82, 2.24) is 5.32 Å². The molecule has 0 amide bonds. The molecule has 1 unspecified atom stereocenters. The highest BCUT2D eigenvalue weighted by Gasteiger charge is 2.33. The first-order chi connectivity index (χ1) is 8.73. The zero-order chi connectivity index (χ0) is 13.0. The SMILES string of the molecule is CCC(CC)(CNC)CC1Cc2ccccc2O1. The van der Waals surface area contributed by atoms with E-state index in [9.17, 15) is 0 Å². The summed E-state index contributed by atoms with van der Waals surface area (Å²) in [7, 11) is 2.05. The third kappa shape index (κ3) is 2.69. The average molecular weight is 247 g/mol. The van der Waals surface area contributed by atoms with E-state index in [2.05, 4.69) is 43.4 Å². The molecule has 0 spiro atoms. The molecule has 0 bridgehead atoms. The third-order valence-electron chi connectivity index (χ3n) is 4.43. The molecule has 1 aliphatic rings. The molecular formula is C16H25NO. The van der Waals surface area contributed by atoms with Gasteiger partial charge in [-0.15, -0.1) is 0 Å². The van der Waals surface area contributed by atoms with Crippen molar-refractivity contribution in [3.05, 3.63) is 29.8 Å². The van der Waals surface area contributed by atoms with Crippen molar-refractivity contribution in [2.24, 2.45) is 5.41 Å². The fraction of sp³-hybridized carbons (Fsp3) is 0.625. The van der Waals surface area contributed by atoms with Gasteiger partial charge in [0.15, 0.2) is 0 Å². The Morgan fingerprint density at radius 3 is 2.61 bits per heavy atom. The van der Waals surface area contributed by atoms with Gasteiger partial charge in [-0.25, -0.2) is 0 Å². The summed E-state index contributed by atoms with van der Waals surface area (Å²) in [5.41, 5.74) is 1.75. The van der Waals surface area contributed by atoms with Gasteiger partial charge in [0, 0.05) is 13.0 Å². The summed E-state index contributed by atoms with van der Waals surface area (Å²) in [5, 5.41) is 3.35. The molecular weight excluding hydrogens is 222 g/mol. The van der Waals surface area contributed by atoms with Gasteiger partial charge >= 0.3 is 0 Å². The quantitative estimate of drug-likeness (QED) is 0.832. The maximum Gasteiger partial charge on any atom is 0.123 e. The molecule has 1 heterocycles. The molecule has 1 aliphatic heterocycles. The highest BCUT2D eigenvalue weighted by molar-refractivity contribution is 5.37. The van der Waals surface area contributed by atoms with E-state index in [-0.39, 0.29) is 0 Å². The van der Waals surface area contributed by atoms with Gasteiger partial charge in [0.05, 0.1) is 0 Å². The van der Waals surface area contributed by atoms with E-state index in [0.29, 0.717) is 11.5 Å². The van der Waals surface area contributed by atoms with Gasteiger partial charge in [-0.2, -0.15) is 0 Å². The lowest BCUT2D eigenvalue weighted by Crippen LogP contribution is -2.36. The minimum Gasteiger partial charge on any atom is -0.490 e. The lowest BCUT2D eigenvalue weighted by Gasteiger charge is -2.33. The van der Waals surface area contributed by atoms with Gasteiger partial charge in [-0.3, -0.25) is 0 Å². The zero-order valence-electron chi connectivity index (χ0n) is 11.8. The Balaban J connectivity index is 2.03. The van der Waals surface area contributed by atoms with Gasteiger partial charge in [0.2, 0.25) is 0 Å². The number of fused-ring (bicyclic) bond motifs is 1. The molecule has 0 saturated heterocycles. The predicted molar refractivity (Wildman–Crippen MR) is 76.1 cm³/mol. The van der Waals surface area contributed by atoms with E-state index in [1.54, 1.807) is 0 Å². The Hall–Kier alpha value is -1.02. The number of rotatable bonds is 6. The van der Waals surface area contributed by atoms with Crippen LogP contribution in [0.3, 0.4) is 0 Å². The van der Waals surface area contributed by atoms with Crippen molar-refractivity contribution < 1.29 is 4.74 Å². The summed E-state index contributed by atoms with van der Waals surface area (Å²) in [6.45, 7) is 5.67. The zero-order valence-corrected chi connectivity index (χ0v) is 11.8. The van der Waals surface area contributed by atoms with Crippen molar-refractivity contribution in [3.8, 4) is 5.75 Å². The molecule has 100 valence electrons. The van der Waals surface area contributed by atoms with Gasteiger partial charge in [-0.05, 0) is 43.4 Å². The van der Waals surface area contributed by atoms with Crippen LogP contribution in [0.2, 0.25) is 0 Å². The van der Waals surface area contributed by atoms with E-state index in [0.717, 1.165) is 25.1 Å². The molecule has 0 aromatic heterocycles. The molecule has 0 aliphatic carbocycles. The van der Waals surface area contributed by atoms with Crippen molar-refractivity contribution in [2.75, 3.05) is 13.6 Å². The maximum absolute atomic E-state index is 6.08. The number of hydrogen-bond acceptors (Lipinski definition) is 2. The summed E-state index contributed by atoms with van der Waals surface area (Å²) in [6.07, 6.45) is 4.99. The number of ether oxygens (including phenoxy) is 1. The van der Waals surface area contributed by atoms with Crippen LogP contribution in [0, 0.1) is 5.41 Å². The van der Waals surface area contributed by atoms with Gasteiger partial charge in [0.25, 0.3) is 0 Å². The third-order valence-corrected chi connectivity index (χ3v) is 4.43. The van der Waals surface area contributed by atoms with Crippen molar-refractivity contribution in [1.29, 1.82) is 0 Å². The minimum atomic E-state index is 0.357. The molecule has 1 N–H and O–H groups in total. The van der Waals surface area contributed by atoms with Gasteiger partial charge < -0.3 is 10.1 Å². The van der Waals surface area contributed by atoms with E-state index in [4.69, 9.17) is 4.74 Å². The lowest BCUT2D eigenvalue weighted by atomic mass is 9.77. The number of hydrogen-bond donors (Lipinski definition) is 1. The fourth-order valence-corrected chi connectivity index (χ4v) is 3.09. The molecule has 1 atom stereocenters. The van der Waals surface area contributed by atoms with E-state index < -0.39 is 0 Å². The van der Waals surface area contributed by atoms with Gasteiger partial charge in [0.1, 0.15) is 11.9 Å². The van der Waals surface area contributed by atoms with Crippen molar-refractivity contribution >= 4 is 0 Å². The first-order valence-electron chi connectivity index (χ1n) is 7.12. The Kier molecular flexibility index (Phi) is 4.28. The monoisotopic (exact) mass is 247 g/mol. The maximum atomic E-state index is 6.08. The van der Waals surface area contributed by atoms with Crippen LogP contribution < -0.4 is 10.1 Å². The number of para-hydroxylation sites is 1. The Morgan fingerprint density at radius 2 is 2.00 bits per heavy atom. The van der Waals surface area contributed by atoms with Crippen molar-refractivity contribution in [2.45, 2.75) is 45.6 Å². The summed E-state index contributed by atoms with van der Waals surface area (Å²) < 4.78 is 6.08. The second-order valence-corrected chi connectivity index (χ2v) is 5.49. The molecule has 2 nitrogen and oxygen atoms in total. The summed E-state index contributed by atoms with van der Waals surface area (Å²) >= 11 is 0. The van der Waals surface area contributed by atoms with Crippen LogP contribution in [0.5, 0.6) is 5.75 Å². The summed E-state index contributed by atoms with van der Waals surface area (Å²) in [6, 6.07) is 8.44. The minimum absolute atomic E-state index is 0.357. The van der Waals surface area contributed by atoms with Crippen LogP contribution in [0.1, 0.15) is 38.7 Å². The largest absolute Gasteiger partial charge is 0.490 e. The van der Waals surface area contributed by atoms with Crippen LogP contribution >= 0.6 is 0 Å². The second kappa shape index (κ2) is 5.75. The second-order valence-electron chi connectivity index (χ2n) is 5.49. The van der Waals surface area contributed by atoms with Crippen LogP contribution in [0.15, 0.2) is 24.3 Å². The average Bonchev–Trinajstić information content (AvgIpc) is 2.80. The Morgan fingerprint density at radius 1 is 1.28 bits per heavy atom. The summed E-state index contributed by atoms with van der Waals surface area (Å²) in [5.74, 6) is 1.09. The van der Waals surface area contributed by atoms with Crippen LogP contribution in [-0.4, -0.2) is 19.7 Å². The number of nitrogens with one attached hydrogen (secondary N) is 1. The first-order valence-corrected chi connectivity index (χ1v) is 7.12. The van der Waals surface area contributed by atoms with Crippen LogP contribution in [0.25, 0.3) is 0 Å². The fourth-order valence-electron chi connectivity index (χ4n) is 3.09. The molecule has 1 aromatic rings. The normalized spacial score (nSPS) is 18.5. The molecule has 0 saturated carbocycles. The van der Waals surface area contributed by atoms with E-state index in [1.165, 1.54) is 18.4 Å².